The highest BCUT2D eigenvalue weighted by molar-refractivity contribution is 6.27. The molecule has 1 fully saturated rings. The second-order valence-electron chi connectivity index (χ2n) is 10.5. The third kappa shape index (κ3) is 3.82. The van der Waals surface area contributed by atoms with Crippen LogP contribution in [-0.2, 0) is 30.8 Å². The van der Waals surface area contributed by atoms with Crippen LogP contribution in [0.2, 0.25) is 0 Å². The lowest BCUT2D eigenvalue weighted by Gasteiger charge is -2.31. The SMILES string of the molecule is [2H][C@@]1(N2C(=O)c3cccc4c(Cc5ccc(CN6Cc7ccccc7C6)cc5)ccc2c34)CCC(=C)NC1=O. The Morgan fingerprint density at radius 1 is 0.895 bits per heavy atom. The van der Waals surface area contributed by atoms with E-state index in [1.54, 1.807) is 6.07 Å². The maximum Gasteiger partial charge on any atom is 0.259 e. The Morgan fingerprint density at radius 2 is 1.63 bits per heavy atom. The van der Waals surface area contributed by atoms with E-state index in [0.717, 1.165) is 42.4 Å². The Labute approximate surface area is 223 Å². The molecule has 1 atom stereocenters. The van der Waals surface area contributed by atoms with Crippen molar-refractivity contribution in [1.82, 2.24) is 10.2 Å². The summed E-state index contributed by atoms with van der Waals surface area (Å²) in [6.07, 6.45) is 1.42. The second-order valence-corrected chi connectivity index (χ2v) is 10.5. The fourth-order valence-corrected chi connectivity index (χ4v) is 6.11. The highest BCUT2D eigenvalue weighted by Crippen LogP contribution is 2.41. The van der Waals surface area contributed by atoms with E-state index in [-0.39, 0.29) is 12.3 Å². The Morgan fingerprint density at radius 3 is 2.37 bits per heavy atom. The van der Waals surface area contributed by atoms with Crippen LogP contribution in [0.5, 0.6) is 0 Å². The Bertz CT molecular complexity index is 1650. The van der Waals surface area contributed by atoms with Gasteiger partial charge in [0, 0.05) is 36.3 Å². The smallest absolute Gasteiger partial charge is 0.259 e. The van der Waals surface area contributed by atoms with Crippen LogP contribution in [0.15, 0.2) is 91.1 Å². The standard InChI is InChI=1S/C33H29N3O2/c1-21-9-15-30(32(37)34-21)36-29-16-14-24(27-7-4-8-28(31(27)29)33(36)38)17-22-10-12-23(13-11-22)18-35-19-25-5-2-3-6-26(25)20-35/h2-8,10-14,16,30H,1,9,15,17-20H2,(H,34,37)/t30-/m1/s1/i30D. The van der Waals surface area contributed by atoms with Gasteiger partial charge < -0.3 is 5.32 Å². The summed E-state index contributed by atoms with van der Waals surface area (Å²) in [4.78, 5) is 30.2. The molecule has 1 N–H and O–H groups in total. The number of allylic oxidation sites excluding steroid dienone is 1. The predicted molar refractivity (Wildman–Crippen MR) is 150 cm³/mol. The van der Waals surface area contributed by atoms with Gasteiger partial charge in [-0.2, -0.15) is 0 Å². The number of hydrogen-bond donors (Lipinski definition) is 1. The van der Waals surface area contributed by atoms with E-state index < -0.39 is 11.9 Å². The van der Waals surface area contributed by atoms with E-state index in [1.807, 2.05) is 24.3 Å². The van der Waals surface area contributed by atoms with E-state index >= 15 is 0 Å². The zero-order valence-electron chi connectivity index (χ0n) is 22.2. The van der Waals surface area contributed by atoms with Gasteiger partial charge in [-0.15, -0.1) is 0 Å². The maximum atomic E-state index is 13.5. The summed E-state index contributed by atoms with van der Waals surface area (Å²) >= 11 is 0. The molecule has 0 spiro atoms. The first-order valence-corrected chi connectivity index (χ1v) is 13.2. The van der Waals surface area contributed by atoms with Crippen molar-refractivity contribution in [3.63, 3.8) is 0 Å². The minimum absolute atomic E-state index is 0.219. The average Bonchev–Trinajstić information content (AvgIpc) is 3.48. The normalized spacial score (nSPS) is 21.1. The molecular weight excluding hydrogens is 470 g/mol. The van der Waals surface area contributed by atoms with Gasteiger partial charge in [0.1, 0.15) is 6.02 Å². The molecule has 5 nitrogen and oxygen atoms in total. The van der Waals surface area contributed by atoms with E-state index in [2.05, 4.69) is 65.3 Å². The molecule has 0 unspecified atom stereocenters. The number of benzene rings is 4. The predicted octanol–water partition coefficient (Wildman–Crippen LogP) is 5.70. The Balaban J connectivity index is 1.14. The summed E-state index contributed by atoms with van der Waals surface area (Å²) < 4.78 is 9.00. The number of fused-ring (bicyclic) bond motifs is 1. The van der Waals surface area contributed by atoms with Crippen LogP contribution in [0, 0.1) is 0 Å². The largest absolute Gasteiger partial charge is 0.329 e. The lowest BCUT2D eigenvalue weighted by Crippen LogP contribution is -2.51. The van der Waals surface area contributed by atoms with E-state index in [9.17, 15) is 9.59 Å². The number of carbonyl (C=O) groups is 2. The lowest BCUT2D eigenvalue weighted by molar-refractivity contribution is -0.122. The number of anilines is 1. The molecule has 188 valence electrons. The number of rotatable bonds is 5. The molecule has 38 heavy (non-hydrogen) atoms. The zero-order chi connectivity index (χ0) is 26.7. The molecule has 3 aliphatic rings. The zero-order valence-corrected chi connectivity index (χ0v) is 21.2. The lowest BCUT2D eigenvalue weighted by atomic mass is 9.95. The first-order valence-electron chi connectivity index (χ1n) is 13.7. The number of nitrogens with zero attached hydrogens (tertiary/aromatic N) is 2. The summed E-state index contributed by atoms with van der Waals surface area (Å²) in [5.41, 5.74) is 8.23. The molecule has 1 saturated heterocycles. The van der Waals surface area contributed by atoms with Gasteiger partial charge in [0.25, 0.3) is 5.91 Å². The van der Waals surface area contributed by atoms with E-state index in [0.29, 0.717) is 23.4 Å². The summed E-state index contributed by atoms with van der Waals surface area (Å²) in [7, 11) is 0. The molecule has 0 aliphatic carbocycles. The average molecular weight is 501 g/mol. The fraction of sp³-hybridized carbons (Fsp3) is 0.212. The highest BCUT2D eigenvalue weighted by Gasteiger charge is 2.40. The first kappa shape index (κ1) is 21.8. The number of carbonyl (C=O) groups excluding carboxylic acids is 2. The van der Waals surface area contributed by atoms with Crippen LogP contribution in [0.4, 0.5) is 5.69 Å². The molecule has 7 rings (SSSR count). The molecule has 3 aliphatic heterocycles. The Kier molecular flexibility index (Phi) is 5.15. The van der Waals surface area contributed by atoms with Gasteiger partial charge in [0.15, 0.2) is 0 Å². The topological polar surface area (TPSA) is 52.7 Å². The fourth-order valence-electron chi connectivity index (χ4n) is 6.11. The molecule has 0 radical (unpaired) electrons. The Hall–Kier alpha value is -4.22. The van der Waals surface area contributed by atoms with Crippen LogP contribution in [-0.4, -0.2) is 22.7 Å². The van der Waals surface area contributed by atoms with Gasteiger partial charge in [0.05, 0.1) is 7.06 Å². The van der Waals surface area contributed by atoms with Gasteiger partial charge in [-0.1, -0.05) is 73.3 Å². The van der Waals surface area contributed by atoms with Gasteiger partial charge >= 0.3 is 0 Å². The molecular formula is C33H29N3O2. The highest BCUT2D eigenvalue weighted by atomic mass is 16.2. The van der Waals surface area contributed by atoms with E-state index in [1.165, 1.54) is 27.2 Å². The summed E-state index contributed by atoms with van der Waals surface area (Å²) in [5.74, 6) is -0.797. The second kappa shape index (κ2) is 8.96. The minimum atomic E-state index is -1.70. The molecule has 2 amide bonds. The first-order chi connectivity index (χ1) is 18.9. The number of piperidine rings is 1. The number of nitrogens with one attached hydrogen (secondary N) is 1. The van der Waals surface area contributed by atoms with Crippen molar-refractivity contribution in [3.8, 4) is 0 Å². The van der Waals surface area contributed by atoms with E-state index in [4.69, 9.17) is 1.37 Å². The van der Waals surface area contributed by atoms with Gasteiger partial charge in [0.2, 0.25) is 5.91 Å². The van der Waals surface area contributed by atoms with Crippen LogP contribution < -0.4 is 10.2 Å². The molecule has 3 heterocycles. The van der Waals surface area contributed by atoms with Crippen molar-refractivity contribution < 1.29 is 11.0 Å². The minimum Gasteiger partial charge on any atom is -0.329 e. The molecule has 0 aromatic heterocycles. The van der Waals surface area contributed by atoms with Crippen LogP contribution in [0.3, 0.4) is 0 Å². The molecule has 4 aromatic carbocycles. The number of amides is 2. The van der Waals surface area contributed by atoms with Crippen molar-refractivity contribution in [2.24, 2.45) is 0 Å². The van der Waals surface area contributed by atoms with Crippen molar-refractivity contribution >= 4 is 28.3 Å². The quantitative estimate of drug-likeness (QED) is 0.383. The monoisotopic (exact) mass is 500 g/mol. The van der Waals surface area contributed by atoms with Crippen molar-refractivity contribution in [1.29, 1.82) is 0 Å². The van der Waals surface area contributed by atoms with Crippen molar-refractivity contribution in [2.45, 2.75) is 44.9 Å². The van der Waals surface area contributed by atoms with Gasteiger partial charge in [-0.3, -0.25) is 19.4 Å². The summed E-state index contributed by atoms with van der Waals surface area (Å²) in [6.45, 7) is 6.72. The van der Waals surface area contributed by atoms with Crippen LogP contribution >= 0.6 is 0 Å². The molecule has 0 saturated carbocycles. The summed E-state index contributed by atoms with van der Waals surface area (Å²) in [6, 6.07) is 25.4. The molecule has 5 heteroatoms. The van der Waals surface area contributed by atoms with Gasteiger partial charge in [-0.05, 0) is 64.6 Å². The van der Waals surface area contributed by atoms with Gasteiger partial charge in [-0.25, -0.2) is 0 Å². The van der Waals surface area contributed by atoms with Crippen LogP contribution in [0.1, 0.15) is 52.4 Å². The maximum absolute atomic E-state index is 13.5. The van der Waals surface area contributed by atoms with Crippen LogP contribution in [0.25, 0.3) is 10.8 Å². The molecule has 0 bridgehead atoms. The summed E-state index contributed by atoms with van der Waals surface area (Å²) in [5, 5.41) is 4.50. The van der Waals surface area contributed by atoms with Crippen molar-refractivity contribution in [3.05, 3.63) is 125 Å². The van der Waals surface area contributed by atoms with Crippen molar-refractivity contribution in [2.75, 3.05) is 4.90 Å². The molecule has 4 aromatic rings. The third-order valence-electron chi connectivity index (χ3n) is 8.00. The third-order valence-corrected chi connectivity index (χ3v) is 8.00. The number of hydrogen-bond acceptors (Lipinski definition) is 3.